The maximum absolute atomic E-state index is 10.8. The number of nitrogens with one attached hydrogen (secondary N) is 1. The van der Waals surface area contributed by atoms with Gasteiger partial charge in [0, 0.05) is 19.2 Å². The predicted octanol–water partition coefficient (Wildman–Crippen LogP) is 2.86. The Labute approximate surface area is 121 Å². The third kappa shape index (κ3) is 5.67. The van der Waals surface area contributed by atoms with Gasteiger partial charge in [-0.2, -0.15) is 0 Å². The average molecular weight is 331 g/mol. The normalized spacial score (nSPS) is 12.4. The van der Waals surface area contributed by atoms with Gasteiger partial charge in [-0.3, -0.25) is 10.1 Å². The summed E-state index contributed by atoms with van der Waals surface area (Å²) >= 11 is 3.16. The van der Waals surface area contributed by atoms with Crippen LogP contribution in [0.15, 0.2) is 22.7 Å². The molecule has 0 saturated heterocycles. The molecule has 0 amide bonds. The van der Waals surface area contributed by atoms with E-state index in [9.17, 15) is 10.1 Å². The summed E-state index contributed by atoms with van der Waals surface area (Å²) in [7, 11) is 0. The van der Waals surface area contributed by atoms with Crippen molar-refractivity contribution in [3.63, 3.8) is 0 Å². The molecule has 0 saturated carbocycles. The Bertz CT molecular complexity index is 426. The molecule has 0 aliphatic heterocycles. The van der Waals surface area contributed by atoms with Crippen molar-refractivity contribution in [2.24, 2.45) is 5.92 Å². The second kappa shape index (κ2) is 8.24. The Morgan fingerprint density at radius 2 is 2.26 bits per heavy atom. The van der Waals surface area contributed by atoms with Gasteiger partial charge >= 0.3 is 0 Å². The molecular formula is C13H19BrN2O3. The van der Waals surface area contributed by atoms with E-state index in [1.54, 1.807) is 12.1 Å². The molecule has 0 fully saturated rings. The number of hydrogen-bond donors (Lipinski definition) is 2. The SMILES string of the molecule is CC(CO)CCCNCc1ccc(Br)c([N+](=O)[O-])c1. The van der Waals surface area contributed by atoms with E-state index < -0.39 is 4.92 Å². The zero-order chi connectivity index (χ0) is 14.3. The summed E-state index contributed by atoms with van der Waals surface area (Å²) in [5.41, 5.74) is 0.985. The number of benzene rings is 1. The minimum Gasteiger partial charge on any atom is -0.396 e. The number of nitrogens with zero attached hydrogens (tertiary/aromatic N) is 1. The maximum atomic E-state index is 10.8. The second-order valence-corrected chi connectivity index (χ2v) is 5.50. The molecule has 0 aliphatic carbocycles. The Kier molecular flexibility index (Phi) is 6.97. The van der Waals surface area contributed by atoms with Gasteiger partial charge in [0.05, 0.1) is 9.40 Å². The van der Waals surface area contributed by atoms with Gasteiger partial charge in [0.1, 0.15) is 0 Å². The molecule has 1 atom stereocenters. The van der Waals surface area contributed by atoms with Gasteiger partial charge < -0.3 is 10.4 Å². The first-order chi connectivity index (χ1) is 9.04. The fourth-order valence-electron chi connectivity index (χ4n) is 1.71. The van der Waals surface area contributed by atoms with Crippen molar-refractivity contribution in [1.29, 1.82) is 0 Å². The quantitative estimate of drug-likeness (QED) is 0.436. The smallest absolute Gasteiger partial charge is 0.283 e. The van der Waals surface area contributed by atoms with Crippen LogP contribution in [0, 0.1) is 16.0 Å². The molecule has 0 aromatic heterocycles. The zero-order valence-electron chi connectivity index (χ0n) is 10.9. The zero-order valence-corrected chi connectivity index (χ0v) is 12.5. The number of hydrogen-bond acceptors (Lipinski definition) is 4. The monoisotopic (exact) mass is 330 g/mol. The molecule has 1 aromatic carbocycles. The Hall–Kier alpha value is -0.980. The predicted molar refractivity (Wildman–Crippen MR) is 78.0 cm³/mol. The molecule has 6 heteroatoms. The van der Waals surface area contributed by atoms with Gasteiger partial charge in [0.15, 0.2) is 0 Å². The highest BCUT2D eigenvalue weighted by Gasteiger charge is 2.11. The average Bonchev–Trinajstić information content (AvgIpc) is 2.39. The van der Waals surface area contributed by atoms with Crippen LogP contribution in [0.4, 0.5) is 5.69 Å². The molecule has 0 heterocycles. The topological polar surface area (TPSA) is 75.4 Å². The largest absolute Gasteiger partial charge is 0.396 e. The summed E-state index contributed by atoms with van der Waals surface area (Å²) in [6.07, 6.45) is 1.96. The van der Waals surface area contributed by atoms with Crippen molar-refractivity contribution in [1.82, 2.24) is 5.32 Å². The van der Waals surface area contributed by atoms with Crippen molar-refractivity contribution in [3.8, 4) is 0 Å². The number of aliphatic hydroxyl groups is 1. The van der Waals surface area contributed by atoms with Crippen LogP contribution in [0.1, 0.15) is 25.3 Å². The van der Waals surface area contributed by atoms with E-state index >= 15 is 0 Å². The summed E-state index contributed by atoms with van der Waals surface area (Å²) in [4.78, 5) is 10.4. The first-order valence-electron chi connectivity index (χ1n) is 6.29. The summed E-state index contributed by atoms with van der Waals surface area (Å²) in [6, 6.07) is 5.14. The molecule has 2 N–H and O–H groups in total. The van der Waals surface area contributed by atoms with Gasteiger partial charge in [-0.25, -0.2) is 0 Å². The van der Waals surface area contributed by atoms with Gasteiger partial charge in [-0.1, -0.05) is 13.0 Å². The van der Waals surface area contributed by atoms with Crippen LogP contribution in [-0.4, -0.2) is 23.2 Å². The van der Waals surface area contributed by atoms with Crippen LogP contribution in [0.2, 0.25) is 0 Å². The number of rotatable bonds is 8. The molecule has 5 nitrogen and oxygen atoms in total. The summed E-state index contributed by atoms with van der Waals surface area (Å²) in [5, 5.41) is 22.9. The molecule has 1 rings (SSSR count). The van der Waals surface area contributed by atoms with E-state index in [0.29, 0.717) is 16.9 Å². The standard InChI is InChI=1S/C13H19BrN2O3/c1-10(9-17)3-2-6-15-8-11-4-5-12(14)13(7-11)16(18)19/h4-5,7,10,15,17H,2-3,6,8-9H2,1H3. The molecule has 106 valence electrons. The van der Waals surface area contributed by atoms with E-state index in [-0.39, 0.29) is 12.3 Å². The fraction of sp³-hybridized carbons (Fsp3) is 0.538. The van der Waals surface area contributed by atoms with Crippen LogP contribution in [-0.2, 0) is 6.54 Å². The summed E-state index contributed by atoms with van der Waals surface area (Å²) in [6.45, 7) is 3.69. The Morgan fingerprint density at radius 3 is 2.89 bits per heavy atom. The minimum absolute atomic E-state index is 0.0909. The summed E-state index contributed by atoms with van der Waals surface area (Å²) in [5.74, 6) is 0.329. The number of halogens is 1. The number of nitro benzene ring substituents is 1. The lowest BCUT2D eigenvalue weighted by atomic mass is 10.1. The van der Waals surface area contributed by atoms with Gasteiger partial charge in [0.2, 0.25) is 0 Å². The number of nitro groups is 1. The third-order valence-electron chi connectivity index (χ3n) is 2.90. The molecule has 1 aromatic rings. The van der Waals surface area contributed by atoms with Crippen molar-refractivity contribution in [3.05, 3.63) is 38.3 Å². The second-order valence-electron chi connectivity index (χ2n) is 4.65. The van der Waals surface area contributed by atoms with Gasteiger partial charge in [-0.15, -0.1) is 0 Å². The fourth-order valence-corrected chi connectivity index (χ4v) is 2.10. The number of aliphatic hydroxyl groups excluding tert-OH is 1. The van der Waals surface area contributed by atoms with Crippen molar-refractivity contribution in [2.45, 2.75) is 26.3 Å². The highest BCUT2D eigenvalue weighted by molar-refractivity contribution is 9.10. The lowest BCUT2D eigenvalue weighted by Gasteiger charge is -2.08. The van der Waals surface area contributed by atoms with Crippen LogP contribution in [0.3, 0.4) is 0 Å². The molecule has 1 unspecified atom stereocenters. The van der Waals surface area contributed by atoms with E-state index in [1.807, 2.05) is 13.0 Å². The third-order valence-corrected chi connectivity index (χ3v) is 3.57. The van der Waals surface area contributed by atoms with Gasteiger partial charge in [-0.05, 0) is 52.9 Å². The van der Waals surface area contributed by atoms with E-state index in [4.69, 9.17) is 5.11 Å². The van der Waals surface area contributed by atoms with Crippen LogP contribution in [0.5, 0.6) is 0 Å². The first kappa shape index (κ1) is 16.1. The van der Waals surface area contributed by atoms with E-state index in [1.165, 1.54) is 0 Å². The minimum atomic E-state index is -0.392. The summed E-state index contributed by atoms with van der Waals surface area (Å²) < 4.78 is 0.498. The van der Waals surface area contributed by atoms with Crippen LogP contribution in [0.25, 0.3) is 0 Å². The molecule has 0 bridgehead atoms. The Balaban J connectivity index is 2.38. The molecule has 0 radical (unpaired) electrons. The highest BCUT2D eigenvalue weighted by Crippen LogP contribution is 2.25. The van der Waals surface area contributed by atoms with E-state index in [0.717, 1.165) is 24.9 Å². The van der Waals surface area contributed by atoms with Crippen molar-refractivity contribution >= 4 is 21.6 Å². The van der Waals surface area contributed by atoms with Crippen molar-refractivity contribution in [2.75, 3.05) is 13.2 Å². The lowest BCUT2D eigenvalue weighted by molar-refractivity contribution is -0.385. The van der Waals surface area contributed by atoms with Crippen molar-refractivity contribution < 1.29 is 10.0 Å². The lowest BCUT2D eigenvalue weighted by Crippen LogP contribution is -2.16. The van der Waals surface area contributed by atoms with E-state index in [2.05, 4.69) is 21.2 Å². The molecular weight excluding hydrogens is 312 g/mol. The van der Waals surface area contributed by atoms with Crippen LogP contribution >= 0.6 is 15.9 Å². The molecule has 0 spiro atoms. The van der Waals surface area contributed by atoms with Crippen LogP contribution < -0.4 is 5.32 Å². The maximum Gasteiger partial charge on any atom is 0.283 e. The molecule has 0 aliphatic rings. The van der Waals surface area contributed by atoms with Gasteiger partial charge in [0.25, 0.3) is 5.69 Å². The highest BCUT2D eigenvalue weighted by atomic mass is 79.9. The molecule has 19 heavy (non-hydrogen) atoms. The Morgan fingerprint density at radius 1 is 1.53 bits per heavy atom. The first-order valence-corrected chi connectivity index (χ1v) is 7.08.